The van der Waals surface area contributed by atoms with E-state index in [2.05, 4.69) is 52.0 Å². The predicted octanol–water partition coefficient (Wildman–Crippen LogP) is -8.52. The quantitative estimate of drug-likeness (QED) is 0.344. The van der Waals surface area contributed by atoms with Crippen LogP contribution >= 0.6 is 7.82 Å². The van der Waals surface area contributed by atoms with E-state index in [0.29, 0.717) is 0 Å². The summed E-state index contributed by atoms with van der Waals surface area (Å²) in [7, 11) is -5.39. The van der Waals surface area contributed by atoms with Crippen LogP contribution in [0.2, 0.25) is 0 Å². The van der Waals surface area contributed by atoms with Crippen molar-refractivity contribution in [3.05, 3.63) is 35.4 Å². The summed E-state index contributed by atoms with van der Waals surface area (Å²) in [5.41, 5.74) is 3.04. The zero-order chi connectivity index (χ0) is 13.0. The summed E-state index contributed by atoms with van der Waals surface area (Å²) in [4.78, 5) is 25.6. The van der Waals surface area contributed by atoms with Crippen molar-refractivity contribution in [1.82, 2.24) is 0 Å². The fourth-order valence-corrected chi connectivity index (χ4v) is 1.11. The third kappa shape index (κ3) is 19.1. The van der Waals surface area contributed by atoms with E-state index in [1.54, 1.807) is 0 Å². The van der Waals surface area contributed by atoms with E-state index in [0.717, 1.165) is 0 Å². The summed E-state index contributed by atoms with van der Waals surface area (Å²) in [6, 6.07) is 8.69. The van der Waals surface area contributed by atoms with Gasteiger partial charge in [0.25, 0.3) is 0 Å². The molecule has 1 rings (SSSR count). The van der Waals surface area contributed by atoms with Crippen molar-refractivity contribution in [3.8, 4) is 0 Å². The molecule has 4 nitrogen and oxygen atoms in total. The van der Waals surface area contributed by atoms with Crippen LogP contribution < -0.4 is 71.3 Å². The van der Waals surface area contributed by atoms with E-state index < -0.39 is 7.82 Å². The molecule has 1 aromatic rings. The molecule has 92 valence electrons. The van der Waals surface area contributed by atoms with Gasteiger partial charge >= 0.3 is 56.6 Å². The molecule has 0 aliphatic rings. The van der Waals surface area contributed by atoms with Gasteiger partial charge in [-0.25, -0.2) is 0 Å². The van der Waals surface area contributed by atoms with Crippen LogP contribution in [-0.4, -0.2) is 0 Å². The predicted molar refractivity (Wildman–Crippen MR) is 57.5 cm³/mol. The Morgan fingerprint density at radius 1 is 1.00 bits per heavy atom. The maximum Gasteiger partial charge on any atom is 1.00 e. The first-order valence-corrected chi connectivity index (χ1v) is 6.26. The van der Waals surface area contributed by atoms with Gasteiger partial charge in [-0.2, -0.15) is 7.82 Å². The Kier molecular flexibility index (Phi) is 17.5. The normalized spacial score (nSPS) is 9.84. The van der Waals surface area contributed by atoms with Crippen LogP contribution in [0.15, 0.2) is 24.3 Å². The largest absolute Gasteiger partial charge is 1.00 e. The Balaban J connectivity index is -0.000000125. The minimum Gasteiger partial charge on any atom is -0.822 e. The average Bonchev–Trinajstić information content (AvgIpc) is 1.99. The van der Waals surface area contributed by atoms with Crippen LogP contribution in [0.25, 0.3) is 0 Å². The van der Waals surface area contributed by atoms with Crippen molar-refractivity contribution in [2.75, 3.05) is 0 Å². The minimum absolute atomic E-state index is 0. The summed E-state index contributed by atoms with van der Waals surface area (Å²) < 4.78 is 8.55. The van der Waals surface area contributed by atoms with Gasteiger partial charge in [0, 0.05) is 0 Å². The molecule has 0 heterocycles. The molecule has 0 atom stereocenters. The van der Waals surface area contributed by atoms with E-state index in [-0.39, 0.29) is 62.0 Å². The van der Waals surface area contributed by atoms with Gasteiger partial charge in [-0.3, -0.25) is 0 Å². The monoisotopic (exact) mass is 264 g/mol. The van der Waals surface area contributed by atoms with Crippen LogP contribution in [0.3, 0.4) is 0 Å². The van der Waals surface area contributed by atoms with Gasteiger partial charge in [-0.1, -0.05) is 50.6 Å². The Morgan fingerprint density at radius 2 is 1.37 bits per heavy atom. The van der Waals surface area contributed by atoms with Gasteiger partial charge in [0.1, 0.15) is 0 Å². The Labute approximate surface area is 151 Å². The van der Waals surface area contributed by atoms with Gasteiger partial charge < -0.3 is 19.2 Å². The van der Waals surface area contributed by atoms with E-state index in [1.165, 1.54) is 11.1 Å². The molecule has 0 N–H and O–H groups in total. The maximum atomic E-state index is 8.55. The molecule has 0 saturated heterocycles. The molecule has 0 aliphatic heterocycles. The van der Waals surface area contributed by atoms with E-state index in [1.807, 2.05) is 0 Å². The topological polar surface area (TPSA) is 86.2 Å². The summed E-state index contributed by atoms with van der Waals surface area (Å²) in [5.74, 6) is 0. The second-order valence-electron chi connectivity index (χ2n) is 4.57. The van der Waals surface area contributed by atoms with Crippen LogP contribution in [0.5, 0.6) is 0 Å². The summed E-state index contributed by atoms with van der Waals surface area (Å²) >= 11 is 0. The molecule has 0 fully saturated rings. The minimum atomic E-state index is -5.39. The van der Waals surface area contributed by atoms with Crippen LogP contribution in [-0.2, 0) is 9.98 Å². The molecule has 19 heavy (non-hydrogen) atoms. The molecule has 0 unspecified atom stereocenters. The molecule has 1 aromatic carbocycles. The molecule has 0 aliphatic carbocycles. The number of hydrogen-bond donors (Lipinski definition) is 0. The van der Waals surface area contributed by atoms with Crippen LogP contribution in [0.4, 0.5) is 0 Å². The molecule has 0 bridgehead atoms. The molecular weight excluding hydrogens is 248 g/mol. The summed E-state index contributed by atoms with van der Waals surface area (Å²) in [6.07, 6.45) is 0. The number of benzene rings is 1. The van der Waals surface area contributed by atoms with Crippen molar-refractivity contribution in [2.45, 2.75) is 33.1 Å². The smallest absolute Gasteiger partial charge is 0.822 e. The van der Waals surface area contributed by atoms with Crippen molar-refractivity contribution in [1.29, 1.82) is 0 Å². The summed E-state index contributed by atoms with van der Waals surface area (Å²) in [6.45, 7) is 8.85. The number of hydrogen-bond acceptors (Lipinski definition) is 4. The van der Waals surface area contributed by atoms with E-state index >= 15 is 0 Å². The van der Waals surface area contributed by atoms with Crippen molar-refractivity contribution in [2.24, 2.45) is 0 Å². The molecule has 0 spiro atoms. The number of aryl methyl sites for hydroxylation is 1. The van der Waals surface area contributed by atoms with Gasteiger partial charge in [0.05, 0.1) is 0 Å². The molecule has 8 heteroatoms. The zero-order valence-corrected chi connectivity index (χ0v) is 13.8. The van der Waals surface area contributed by atoms with Gasteiger partial charge in [0.15, 0.2) is 0 Å². The first-order valence-electron chi connectivity index (χ1n) is 4.80. The van der Waals surface area contributed by atoms with E-state index in [9.17, 15) is 0 Å². The SMILES string of the molecule is Cc1cccc(C(C)(C)C)c1.O=P([O-])([O-])[O-].[Li+].[Li+].[Li+]. The van der Waals surface area contributed by atoms with Gasteiger partial charge in [0.2, 0.25) is 0 Å². The fourth-order valence-electron chi connectivity index (χ4n) is 1.11. The summed E-state index contributed by atoms with van der Waals surface area (Å²) in [5, 5.41) is 0. The number of phosphoric acid groups is 1. The Bertz CT molecular complexity index is 380. The van der Waals surface area contributed by atoms with Crippen LogP contribution in [0.1, 0.15) is 31.9 Å². The van der Waals surface area contributed by atoms with Gasteiger partial charge in [-0.05, 0) is 17.9 Å². The second-order valence-corrected chi connectivity index (χ2v) is 5.46. The third-order valence-electron chi connectivity index (χ3n) is 1.88. The molecule has 0 amide bonds. The molecule has 0 radical (unpaired) electrons. The van der Waals surface area contributed by atoms with E-state index in [4.69, 9.17) is 19.2 Å². The van der Waals surface area contributed by atoms with Gasteiger partial charge in [-0.15, -0.1) is 0 Å². The Hall–Kier alpha value is 1.12. The molecule has 0 saturated carbocycles. The van der Waals surface area contributed by atoms with Crippen molar-refractivity contribution in [3.63, 3.8) is 0 Å². The van der Waals surface area contributed by atoms with Crippen LogP contribution in [0, 0.1) is 6.92 Å². The number of rotatable bonds is 0. The first-order chi connectivity index (χ1) is 7.00. The third-order valence-corrected chi connectivity index (χ3v) is 1.88. The average molecular weight is 264 g/mol. The zero-order valence-electron chi connectivity index (χ0n) is 12.9. The molecule has 0 aromatic heterocycles. The van der Waals surface area contributed by atoms with Crippen molar-refractivity contribution >= 4 is 7.82 Å². The second kappa shape index (κ2) is 11.7. The first kappa shape index (κ1) is 28.3. The Morgan fingerprint density at radius 3 is 1.58 bits per heavy atom. The standard InChI is InChI=1S/C11H16.3Li.H3O4P/c1-9-6-5-7-10(8-9)11(2,3)4;;;;1-5(2,3)4/h5-8H,1-4H3;;;;(H3,1,2,3,4)/q;3*+1;/p-3. The molecular formula is C11H16Li3O4P. The fraction of sp³-hybridized carbons (Fsp3) is 0.455. The van der Waals surface area contributed by atoms with Crippen molar-refractivity contribution < 1.29 is 75.8 Å². The maximum absolute atomic E-state index is 8.55.